The minimum atomic E-state index is -1.50. The summed E-state index contributed by atoms with van der Waals surface area (Å²) in [6.45, 7) is -1.20. The van der Waals surface area contributed by atoms with Crippen LogP contribution in [0.25, 0.3) is 10.8 Å². The Kier molecular flexibility index (Phi) is 7.19. The molecule has 1 aliphatic rings. The molecule has 1 unspecified atom stereocenters. The Balaban J connectivity index is 1.62. The van der Waals surface area contributed by atoms with Crippen LogP contribution in [0.1, 0.15) is 23.1 Å². The number of aliphatic carboxylic acids is 1. The molecule has 1 heterocycles. The Morgan fingerprint density at radius 2 is 1.66 bits per heavy atom. The quantitative estimate of drug-likeness (QED) is 0.520. The molecule has 2 amide bonds. The second kappa shape index (κ2) is 10.5. The van der Waals surface area contributed by atoms with Gasteiger partial charge in [0.05, 0.1) is 12.8 Å². The van der Waals surface area contributed by atoms with Gasteiger partial charge in [-0.25, -0.2) is 4.39 Å². The average Bonchev–Trinajstić information content (AvgIpc) is 2.86. The van der Waals surface area contributed by atoms with Gasteiger partial charge < -0.3 is 15.3 Å². The van der Waals surface area contributed by atoms with E-state index in [2.05, 4.69) is 5.32 Å². The van der Waals surface area contributed by atoms with E-state index in [1.165, 1.54) is 4.90 Å². The SMILES string of the molecule is O=C(O)CC(NC(=O)[C@@H]1Cc2ccccc2CN1C(=O)Cc1cccc2ccccc12)C(=O)CF. The second-order valence-corrected chi connectivity index (χ2v) is 8.58. The highest BCUT2D eigenvalue weighted by Gasteiger charge is 2.36. The molecular formula is C27H25FN2O5. The number of nitrogens with one attached hydrogen (secondary N) is 1. The Morgan fingerprint density at radius 1 is 0.971 bits per heavy atom. The van der Waals surface area contributed by atoms with Crippen LogP contribution in [-0.4, -0.2) is 52.3 Å². The maximum atomic E-state index is 13.5. The summed E-state index contributed by atoms with van der Waals surface area (Å²) in [7, 11) is 0. The van der Waals surface area contributed by atoms with Crippen molar-refractivity contribution in [2.75, 3.05) is 6.67 Å². The molecule has 4 rings (SSSR count). The number of ketones is 1. The number of hydrogen-bond donors (Lipinski definition) is 2. The molecule has 0 aliphatic carbocycles. The lowest BCUT2D eigenvalue weighted by Gasteiger charge is -2.36. The molecule has 0 bridgehead atoms. The highest BCUT2D eigenvalue weighted by Crippen LogP contribution is 2.26. The molecule has 1 aliphatic heterocycles. The third-order valence-corrected chi connectivity index (χ3v) is 6.31. The maximum Gasteiger partial charge on any atom is 0.305 e. The van der Waals surface area contributed by atoms with Crippen molar-refractivity contribution >= 4 is 34.3 Å². The number of carboxylic acid groups (broad SMARTS) is 1. The normalized spacial score (nSPS) is 15.8. The zero-order chi connectivity index (χ0) is 24.9. The van der Waals surface area contributed by atoms with Gasteiger partial charge >= 0.3 is 5.97 Å². The summed E-state index contributed by atoms with van der Waals surface area (Å²) >= 11 is 0. The summed E-state index contributed by atoms with van der Waals surface area (Å²) in [4.78, 5) is 51.3. The van der Waals surface area contributed by atoms with Crippen molar-refractivity contribution in [2.45, 2.75) is 37.9 Å². The van der Waals surface area contributed by atoms with E-state index in [-0.39, 0.29) is 25.3 Å². The molecule has 0 fully saturated rings. The van der Waals surface area contributed by atoms with E-state index in [1.807, 2.05) is 66.7 Å². The summed E-state index contributed by atoms with van der Waals surface area (Å²) in [6, 6.07) is 18.4. The van der Waals surface area contributed by atoms with E-state index in [0.717, 1.165) is 27.5 Å². The minimum Gasteiger partial charge on any atom is -0.481 e. The second-order valence-electron chi connectivity index (χ2n) is 8.58. The monoisotopic (exact) mass is 476 g/mol. The summed E-state index contributed by atoms with van der Waals surface area (Å²) in [5.41, 5.74) is 2.61. The van der Waals surface area contributed by atoms with Crippen molar-refractivity contribution in [3.8, 4) is 0 Å². The molecule has 8 heteroatoms. The van der Waals surface area contributed by atoms with Gasteiger partial charge in [-0.15, -0.1) is 0 Å². The van der Waals surface area contributed by atoms with Crippen LogP contribution in [0.3, 0.4) is 0 Å². The summed E-state index contributed by atoms with van der Waals surface area (Å²) < 4.78 is 13.0. The van der Waals surface area contributed by atoms with Crippen molar-refractivity contribution in [2.24, 2.45) is 0 Å². The van der Waals surface area contributed by atoms with Crippen LogP contribution in [0, 0.1) is 0 Å². The third kappa shape index (κ3) is 5.37. The number of fused-ring (bicyclic) bond motifs is 2. The lowest BCUT2D eigenvalue weighted by molar-refractivity contribution is -0.144. The smallest absolute Gasteiger partial charge is 0.305 e. The lowest BCUT2D eigenvalue weighted by atomic mass is 9.92. The standard InChI is InChI=1S/C27H25FN2O5/c28-15-24(31)22(14-26(33)34)29-27(35)23-12-18-7-1-2-8-20(18)16-30(23)25(32)13-19-10-5-9-17-6-3-4-11-21(17)19/h1-11,22-23H,12-16H2,(H,29,35)(H,33,34)/t22?,23-/m0/s1. The van der Waals surface area contributed by atoms with Gasteiger partial charge in [-0.2, -0.15) is 0 Å². The first-order valence-electron chi connectivity index (χ1n) is 11.3. The van der Waals surface area contributed by atoms with Crippen LogP contribution in [0.2, 0.25) is 0 Å². The van der Waals surface area contributed by atoms with Gasteiger partial charge in [-0.1, -0.05) is 66.7 Å². The van der Waals surface area contributed by atoms with Gasteiger partial charge in [-0.3, -0.25) is 19.2 Å². The molecule has 0 radical (unpaired) electrons. The van der Waals surface area contributed by atoms with E-state index in [9.17, 15) is 23.6 Å². The van der Waals surface area contributed by atoms with Gasteiger partial charge in [0.15, 0.2) is 5.78 Å². The predicted octanol–water partition coefficient (Wildman–Crippen LogP) is 2.83. The molecule has 7 nitrogen and oxygen atoms in total. The fraction of sp³-hybridized carbons (Fsp3) is 0.259. The van der Waals surface area contributed by atoms with E-state index in [1.54, 1.807) is 0 Å². The zero-order valence-corrected chi connectivity index (χ0v) is 18.9. The number of hydrogen-bond acceptors (Lipinski definition) is 4. The molecule has 0 spiro atoms. The van der Waals surface area contributed by atoms with Gasteiger partial charge in [0.1, 0.15) is 18.8 Å². The van der Waals surface area contributed by atoms with Crippen molar-refractivity contribution in [3.63, 3.8) is 0 Å². The first-order chi connectivity index (χ1) is 16.9. The first kappa shape index (κ1) is 24.1. The molecule has 2 atom stereocenters. The highest BCUT2D eigenvalue weighted by atomic mass is 19.1. The maximum absolute atomic E-state index is 13.5. The topological polar surface area (TPSA) is 104 Å². The van der Waals surface area contributed by atoms with Gasteiger partial charge in [0.25, 0.3) is 0 Å². The molecule has 180 valence electrons. The van der Waals surface area contributed by atoms with E-state index in [4.69, 9.17) is 5.11 Å². The van der Waals surface area contributed by atoms with Crippen molar-refractivity contribution in [1.82, 2.24) is 10.2 Å². The number of alkyl halides is 1. The number of rotatable bonds is 8. The Labute approximate surface area is 201 Å². The number of halogens is 1. The predicted molar refractivity (Wildman–Crippen MR) is 127 cm³/mol. The van der Waals surface area contributed by atoms with E-state index >= 15 is 0 Å². The molecular weight excluding hydrogens is 451 g/mol. The summed E-state index contributed by atoms with van der Waals surface area (Å²) in [5.74, 6) is -3.32. The van der Waals surface area contributed by atoms with Crippen LogP contribution < -0.4 is 5.32 Å². The van der Waals surface area contributed by atoms with Gasteiger partial charge in [-0.05, 0) is 27.5 Å². The van der Waals surface area contributed by atoms with Crippen LogP contribution >= 0.6 is 0 Å². The third-order valence-electron chi connectivity index (χ3n) is 6.31. The largest absolute Gasteiger partial charge is 0.481 e. The molecule has 35 heavy (non-hydrogen) atoms. The number of carbonyl (C=O) groups excluding carboxylic acids is 3. The fourth-order valence-electron chi connectivity index (χ4n) is 4.51. The van der Waals surface area contributed by atoms with Crippen LogP contribution in [-0.2, 0) is 38.6 Å². The van der Waals surface area contributed by atoms with Crippen LogP contribution in [0.4, 0.5) is 4.39 Å². The Bertz CT molecular complexity index is 1290. The zero-order valence-electron chi connectivity index (χ0n) is 18.9. The number of carboxylic acids is 1. The number of carbonyl (C=O) groups is 4. The average molecular weight is 477 g/mol. The molecule has 3 aromatic carbocycles. The van der Waals surface area contributed by atoms with Crippen molar-refractivity contribution < 1.29 is 28.7 Å². The number of benzene rings is 3. The Morgan fingerprint density at radius 3 is 2.40 bits per heavy atom. The Hall–Kier alpha value is -4.07. The molecule has 0 aromatic heterocycles. The van der Waals surface area contributed by atoms with Gasteiger partial charge in [0.2, 0.25) is 11.8 Å². The van der Waals surface area contributed by atoms with E-state index in [0.29, 0.717) is 0 Å². The highest BCUT2D eigenvalue weighted by molar-refractivity contribution is 5.96. The summed E-state index contributed by atoms with van der Waals surface area (Å²) in [5, 5.41) is 13.4. The number of Topliss-reactive ketones (excluding diaryl/α,β-unsaturated/α-hetero) is 1. The number of nitrogens with zero attached hydrogens (tertiary/aromatic N) is 1. The fourth-order valence-corrected chi connectivity index (χ4v) is 4.51. The van der Waals surface area contributed by atoms with E-state index < -0.39 is 42.8 Å². The first-order valence-corrected chi connectivity index (χ1v) is 11.3. The summed E-state index contributed by atoms with van der Waals surface area (Å²) in [6.07, 6.45) is -0.468. The molecule has 2 N–H and O–H groups in total. The van der Waals surface area contributed by atoms with Crippen LogP contribution in [0.15, 0.2) is 66.7 Å². The molecule has 0 saturated carbocycles. The molecule has 3 aromatic rings. The van der Waals surface area contributed by atoms with Crippen molar-refractivity contribution in [3.05, 3.63) is 83.4 Å². The minimum absolute atomic E-state index is 0.0647. The van der Waals surface area contributed by atoms with Crippen LogP contribution in [0.5, 0.6) is 0 Å². The van der Waals surface area contributed by atoms with Crippen molar-refractivity contribution in [1.29, 1.82) is 0 Å². The number of amides is 2. The molecule has 0 saturated heterocycles. The lowest BCUT2D eigenvalue weighted by Crippen LogP contribution is -2.56. The van der Waals surface area contributed by atoms with Gasteiger partial charge in [0, 0.05) is 13.0 Å².